The van der Waals surface area contributed by atoms with E-state index in [-0.39, 0.29) is 6.10 Å². The lowest BCUT2D eigenvalue weighted by Gasteiger charge is -2.24. The first kappa shape index (κ1) is 5.95. The van der Waals surface area contributed by atoms with Gasteiger partial charge in [-0.1, -0.05) is 0 Å². The van der Waals surface area contributed by atoms with Gasteiger partial charge in [0.05, 0.1) is 6.10 Å². The Morgan fingerprint density at radius 3 is 2.25 bits per heavy atom. The standard InChI is InChI=1S/C5H7F2O/c6-5(7)8-4-2-1-3-4/h1,4-5H,2-3H2. The summed E-state index contributed by atoms with van der Waals surface area (Å²) in [4.78, 5) is 0. The summed E-state index contributed by atoms with van der Waals surface area (Å²) in [6.07, 6.45) is 3.09. The lowest BCUT2D eigenvalue weighted by atomic mass is 9.96. The van der Waals surface area contributed by atoms with Crippen molar-refractivity contribution >= 4 is 0 Å². The highest BCUT2D eigenvalue weighted by Crippen LogP contribution is 2.22. The zero-order valence-corrected chi connectivity index (χ0v) is 4.31. The summed E-state index contributed by atoms with van der Waals surface area (Å²) in [6.45, 7) is -2.59. The molecule has 0 aromatic heterocycles. The molecule has 1 nitrogen and oxygen atoms in total. The molecule has 0 bridgehead atoms. The zero-order valence-electron chi connectivity index (χ0n) is 4.31. The zero-order chi connectivity index (χ0) is 5.98. The van der Waals surface area contributed by atoms with Gasteiger partial charge in [0.1, 0.15) is 0 Å². The fourth-order valence-electron chi connectivity index (χ4n) is 0.559. The second-order valence-corrected chi connectivity index (χ2v) is 1.78. The molecule has 0 aromatic carbocycles. The predicted molar refractivity (Wildman–Crippen MR) is 24.4 cm³/mol. The number of rotatable bonds is 2. The molecule has 0 saturated heterocycles. The van der Waals surface area contributed by atoms with E-state index in [2.05, 4.69) is 4.74 Å². The molecule has 0 amide bonds. The van der Waals surface area contributed by atoms with E-state index in [1.165, 1.54) is 0 Å². The summed E-state index contributed by atoms with van der Waals surface area (Å²) in [7, 11) is 0. The average molecular weight is 121 g/mol. The number of hydrogen-bond acceptors (Lipinski definition) is 1. The molecule has 1 saturated carbocycles. The minimum Gasteiger partial charge on any atom is -0.320 e. The lowest BCUT2D eigenvalue weighted by molar-refractivity contribution is -0.172. The highest BCUT2D eigenvalue weighted by atomic mass is 19.3. The molecule has 0 unspecified atom stereocenters. The van der Waals surface area contributed by atoms with Gasteiger partial charge in [0.2, 0.25) is 0 Å². The molecule has 1 radical (unpaired) electrons. The maximum Gasteiger partial charge on any atom is 0.345 e. The topological polar surface area (TPSA) is 9.23 Å². The van der Waals surface area contributed by atoms with Gasteiger partial charge in [-0.05, 0) is 19.3 Å². The SMILES string of the molecule is FC(F)OC1C[CH]C1. The Labute approximate surface area is 46.6 Å². The van der Waals surface area contributed by atoms with Gasteiger partial charge >= 0.3 is 6.61 Å². The maximum atomic E-state index is 11.3. The normalized spacial score (nSPS) is 21.4. The first-order valence-corrected chi connectivity index (χ1v) is 2.54. The summed E-state index contributed by atoms with van der Waals surface area (Å²) in [6, 6.07) is 0. The Hall–Kier alpha value is -0.180. The second kappa shape index (κ2) is 2.40. The van der Waals surface area contributed by atoms with Crippen molar-refractivity contribution < 1.29 is 13.5 Å². The van der Waals surface area contributed by atoms with Crippen LogP contribution in [0.3, 0.4) is 0 Å². The molecule has 0 atom stereocenters. The largest absolute Gasteiger partial charge is 0.345 e. The van der Waals surface area contributed by atoms with Crippen LogP contribution in [-0.2, 0) is 4.74 Å². The molecule has 0 spiro atoms. The summed E-state index contributed by atoms with van der Waals surface area (Å²) in [5.74, 6) is 0. The van der Waals surface area contributed by atoms with Crippen molar-refractivity contribution in [2.24, 2.45) is 0 Å². The quantitative estimate of drug-likeness (QED) is 0.539. The number of hydrogen-bond donors (Lipinski definition) is 0. The van der Waals surface area contributed by atoms with Gasteiger partial charge in [0, 0.05) is 0 Å². The monoisotopic (exact) mass is 121 g/mol. The Kier molecular flexibility index (Phi) is 1.78. The van der Waals surface area contributed by atoms with Crippen LogP contribution in [0.25, 0.3) is 0 Å². The molecule has 1 aliphatic carbocycles. The van der Waals surface area contributed by atoms with E-state index < -0.39 is 6.61 Å². The molecule has 0 N–H and O–H groups in total. The van der Waals surface area contributed by atoms with Gasteiger partial charge in [0.25, 0.3) is 0 Å². The van der Waals surface area contributed by atoms with E-state index in [9.17, 15) is 8.78 Å². The first-order valence-electron chi connectivity index (χ1n) is 2.54. The summed E-state index contributed by atoms with van der Waals surface area (Å²) in [5, 5.41) is 0. The molecule has 1 fully saturated rings. The van der Waals surface area contributed by atoms with Crippen LogP contribution < -0.4 is 0 Å². The van der Waals surface area contributed by atoms with Crippen LogP contribution in [0.2, 0.25) is 0 Å². The fraction of sp³-hybridized carbons (Fsp3) is 0.800. The Morgan fingerprint density at radius 2 is 2.12 bits per heavy atom. The molecular formula is C5H7F2O. The van der Waals surface area contributed by atoms with Crippen molar-refractivity contribution in [1.29, 1.82) is 0 Å². The van der Waals surface area contributed by atoms with Gasteiger partial charge in [-0.2, -0.15) is 8.78 Å². The fourth-order valence-corrected chi connectivity index (χ4v) is 0.559. The third kappa shape index (κ3) is 1.40. The van der Waals surface area contributed by atoms with E-state index in [0.717, 1.165) is 0 Å². The maximum absolute atomic E-state index is 11.3. The van der Waals surface area contributed by atoms with E-state index >= 15 is 0 Å². The Morgan fingerprint density at radius 1 is 1.50 bits per heavy atom. The van der Waals surface area contributed by atoms with Crippen LogP contribution in [0.1, 0.15) is 12.8 Å². The van der Waals surface area contributed by atoms with Crippen LogP contribution in [0, 0.1) is 6.42 Å². The predicted octanol–water partition coefficient (Wildman–Crippen LogP) is 1.59. The van der Waals surface area contributed by atoms with Crippen LogP contribution in [0.4, 0.5) is 8.78 Å². The average Bonchev–Trinajstić information content (AvgIpc) is 1.55. The van der Waals surface area contributed by atoms with Crippen LogP contribution >= 0.6 is 0 Å². The van der Waals surface area contributed by atoms with Crippen LogP contribution in [0.15, 0.2) is 0 Å². The Bertz CT molecular complexity index is 70.8. The van der Waals surface area contributed by atoms with E-state index in [1.54, 1.807) is 0 Å². The van der Waals surface area contributed by atoms with E-state index in [0.29, 0.717) is 12.8 Å². The van der Waals surface area contributed by atoms with Crippen molar-refractivity contribution in [1.82, 2.24) is 0 Å². The summed E-state index contributed by atoms with van der Waals surface area (Å²) in [5.41, 5.74) is 0. The van der Waals surface area contributed by atoms with Crippen molar-refractivity contribution in [2.75, 3.05) is 0 Å². The number of halogens is 2. The number of alkyl halides is 2. The van der Waals surface area contributed by atoms with Gasteiger partial charge in [-0.3, -0.25) is 0 Å². The Balaban J connectivity index is 2.01. The molecular weight excluding hydrogens is 114 g/mol. The van der Waals surface area contributed by atoms with Gasteiger partial charge < -0.3 is 4.74 Å². The smallest absolute Gasteiger partial charge is 0.320 e. The molecule has 47 valence electrons. The van der Waals surface area contributed by atoms with Crippen LogP contribution in [0.5, 0.6) is 0 Å². The molecule has 1 rings (SSSR count). The van der Waals surface area contributed by atoms with E-state index in [1.807, 2.05) is 6.42 Å². The lowest BCUT2D eigenvalue weighted by Crippen LogP contribution is -2.24. The summed E-state index contributed by atoms with van der Waals surface area (Å²) >= 11 is 0. The summed E-state index contributed by atoms with van der Waals surface area (Å²) < 4.78 is 26.7. The second-order valence-electron chi connectivity index (χ2n) is 1.78. The molecule has 3 heteroatoms. The van der Waals surface area contributed by atoms with Crippen molar-refractivity contribution in [3.05, 3.63) is 6.42 Å². The van der Waals surface area contributed by atoms with E-state index in [4.69, 9.17) is 0 Å². The molecule has 0 heterocycles. The number of ether oxygens (including phenoxy) is 1. The molecule has 1 aliphatic rings. The van der Waals surface area contributed by atoms with Gasteiger partial charge in [-0.25, -0.2) is 0 Å². The molecule has 0 aromatic rings. The highest BCUT2D eigenvalue weighted by molar-refractivity contribution is 4.86. The first-order chi connectivity index (χ1) is 3.79. The molecule has 8 heavy (non-hydrogen) atoms. The third-order valence-corrected chi connectivity index (χ3v) is 1.15. The van der Waals surface area contributed by atoms with Crippen LogP contribution in [-0.4, -0.2) is 12.7 Å². The highest BCUT2D eigenvalue weighted by Gasteiger charge is 2.21. The van der Waals surface area contributed by atoms with Gasteiger partial charge in [0.15, 0.2) is 0 Å². The molecule has 0 aliphatic heterocycles. The van der Waals surface area contributed by atoms with Crippen molar-refractivity contribution in [3.63, 3.8) is 0 Å². The third-order valence-electron chi connectivity index (χ3n) is 1.15. The van der Waals surface area contributed by atoms with Gasteiger partial charge in [-0.15, -0.1) is 0 Å². The minimum absolute atomic E-state index is 0.199. The van der Waals surface area contributed by atoms with Crippen molar-refractivity contribution in [3.8, 4) is 0 Å². The van der Waals surface area contributed by atoms with Crippen molar-refractivity contribution in [2.45, 2.75) is 25.6 Å². The minimum atomic E-state index is -2.59.